The molecule has 0 unspecified atom stereocenters. The lowest BCUT2D eigenvalue weighted by Crippen LogP contribution is -2.62. The third-order valence-corrected chi connectivity index (χ3v) is 10.0. The van der Waals surface area contributed by atoms with Gasteiger partial charge in [0.1, 0.15) is 40.9 Å². The highest BCUT2D eigenvalue weighted by atomic mass is 32.2. The van der Waals surface area contributed by atoms with E-state index in [1.807, 2.05) is 0 Å². The zero-order valence-corrected chi connectivity index (χ0v) is 29.8. The van der Waals surface area contributed by atoms with Crippen molar-refractivity contribution in [3.05, 3.63) is 48.9 Å². The van der Waals surface area contributed by atoms with Gasteiger partial charge in [-0.2, -0.15) is 0 Å². The number of carbonyl (C=O) groups excluding carboxylic acids is 4. The van der Waals surface area contributed by atoms with Crippen LogP contribution in [0, 0.1) is 11.2 Å². The standard InChI is InChI=1S/C34H46FN5O8S/c1-9-15-34(8,30(43)39-49(45,46)22-11-12-22)38-28(41)25-18-21(47-26-14-16-36-24-13-10-20(35)17-23(24)26)19-40(25)29(42)27(32(2,3)4)37-31(44)48-33(5,6)7/h9-10,13-14,16-17,21-22,25,27H,1,11-12,15,18-19H2,2-8H3,(H,37,44)(H,38,41)(H,39,43)/t21-,25-,27-,34+/m1/s1. The van der Waals surface area contributed by atoms with Crippen molar-refractivity contribution in [2.24, 2.45) is 5.41 Å². The maximum atomic E-state index is 14.3. The van der Waals surface area contributed by atoms with E-state index in [0.717, 1.165) is 0 Å². The topological polar surface area (TPSA) is 173 Å². The zero-order chi connectivity index (χ0) is 36.5. The number of nitrogens with zero attached hydrogens (tertiary/aromatic N) is 2. The second-order valence-corrected chi connectivity index (χ2v) is 16.8. The number of pyridine rings is 1. The minimum atomic E-state index is -3.94. The number of amides is 4. The predicted molar refractivity (Wildman–Crippen MR) is 180 cm³/mol. The number of halogens is 1. The summed E-state index contributed by atoms with van der Waals surface area (Å²) in [4.78, 5) is 60.2. The normalized spacial score (nSPS) is 20.1. The van der Waals surface area contributed by atoms with Crippen LogP contribution in [0.25, 0.3) is 10.9 Å². The van der Waals surface area contributed by atoms with Crippen LogP contribution in [0.15, 0.2) is 43.1 Å². The van der Waals surface area contributed by atoms with Gasteiger partial charge in [-0.3, -0.25) is 24.1 Å². The van der Waals surface area contributed by atoms with Crippen molar-refractivity contribution in [1.29, 1.82) is 0 Å². The molecule has 1 aliphatic carbocycles. The van der Waals surface area contributed by atoms with Crippen LogP contribution in [0.5, 0.6) is 5.75 Å². The summed E-state index contributed by atoms with van der Waals surface area (Å²) < 4.78 is 53.2. The molecule has 0 spiro atoms. The van der Waals surface area contributed by atoms with Gasteiger partial charge < -0.3 is 25.0 Å². The molecule has 4 atom stereocenters. The highest BCUT2D eigenvalue weighted by molar-refractivity contribution is 7.91. The summed E-state index contributed by atoms with van der Waals surface area (Å²) in [6.07, 6.45) is 1.95. The molecular weight excluding hydrogens is 657 g/mol. The largest absolute Gasteiger partial charge is 0.488 e. The van der Waals surface area contributed by atoms with Crippen LogP contribution in [-0.2, 0) is 29.1 Å². The molecule has 0 radical (unpaired) electrons. The fourth-order valence-corrected chi connectivity index (χ4v) is 6.95. The Kier molecular flexibility index (Phi) is 10.7. The molecule has 1 aromatic heterocycles. The summed E-state index contributed by atoms with van der Waals surface area (Å²) in [7, 11) is -3.94. The first-order valence-corrected chi connectivity index (χ1v) is 17.7. The van der Waals surface area contributed by atoms with E-state index in [-0.39, 0.29) is 25.1 Å². The lowest BCUT2D eigenvalue weighted by atomic mass is 9.85. The second kappa shape index (κ2) is 13.9. The average Bonchev–Trinajstić information content (AvgIpc) is 3.75. The first-order chi connectivity index (χ1) is 22.6. The van der Waals surface area contributed by atoms with Gasteiger partial charge in [-0.1, -0.05) is 26.8 Å². The second-order valence-electron chi connectivity index (χ2n) is 14.9. The summed E-state index contributed by atoms with van der Waals surface area (Å²) in [6, 6.07) is 3.23. The first kappa shape index (κ1) is 37.5. The molecule has 49 heavy (non-hydrogen) atoms. The Morgan fingerprint density at radius 3 is 2.37 bits per heavy atom. The number of fused-ring (bicyclic) bond motifs is 1. The quantitative estimate of drug-likeness (QED) is 0.295. The number of alkyl carbamates (subject to hydrolysis) is 1. The molecule has 2 fully saturated rings. The van der Waals surface area contributed by atoms with Gasteiger partial charge in [0.2, 0.25) is 21.8 Å². The van der Waals surface area contributed by atoms with Gasteiger partial charge in [0, 0.05) is 18.0 Å². The molecular formula is C34H46FN5O8S. The van der Waals surface area contributed by atoms with E-state index in [0.29, 0.717) is 23.7 Å². The van der Waals surface area contributed by atoms with Gasteiger partial charge in [-0.15, -0.1) is 6.58 Å². The van der Waals surface area contributed by atoms with E-state index >= 15 is 0 Å². The van der Waals surface area contributed by atoms with Crippen LogP contribution < -0.4 is 20.1 Å². The van der Waals surface area contributed by atoms with Crippen LogP contribution in [0.2, 0.25) is 0 Å². The Balaban J connectivity index is 1.67. The van der Waals surface area contributed by atoms with Crippen molar-refractivity contribution in [2.75, 3.05) is 6.54 Å². The van der Waals surface area contributed by atoms with E-state index in [2.05, 4.69) is 26.9 Å². The molecule has 4 rings (SSSR count). The van der Waals surface area contributed by atoms with Crippen LogP contribution in [0.1, 0.15) is 74.1 Å². The molecule has 2 aromatic rings. The lowest BCUT2D eigenvalue weighted by molar-refractivity contribution is -0.143. The SMILES string of the molecule is C=CC[C@](C)(NC(=O)[C@H]1C[C@@H](Oc2ccnc3ccc(F)cc23)CN1C(=O)[C@@H](NC(=O)OC(C)(C)C)C(C)(C)C)C(=O)NS(=O)(=O)C1CC1. The van der Waals surface area contributed by atoms with Crippen molar-refractivity contribution in [3.63, 3.8) is 0 Å². The summed E-state index contributed by atoms with van der Waals surface area (Å²) >= 11 is 0. The Bertz CT molecular complexity index is 1730. The van der Waals surface area contributed by atoms with E-state index in [1.165, 1.54) is 42.3 Å². The Morgan fingerprint density at radius 2 is 1.78 bits per heavy atom. The maximum Gasteiger partial charge on any atom is 0.408 e. The summed E-state index contributed by atoms with van der Waals surface area (Å²) in [5.41, 5.74) is -2.96. The van der Waals surface area contributed by atoms with Gasteiger partial charge in [-0.25, -0.2) is 17.6 Å². The maximum absolute atomic E-state index is 14.3. The number of hydrogen-bond acceptors (Lipinski definition) is 9. The number of rotatable bonds is 11. The van der Waals surface area contributed by atoms with Crippen LogP contribution in [0.4, 0.5) is 9.18 Å². The van der Waals surface area contributed by atoms with Gasteiger partial charge in [0.15, 0.2) is 0 Å². The number of ether oxygens (including phenoxy) is 2. The third kappa shape index (κ3) is 9.25. The van der Waals surface area contributed by atoms with E-state index in [4.69, 9.17) is 9.47 Å². The molecule has 15 heteroatoms. The molecule has 1 saturated heterocycles. The molecule has 3 N–H and O–H groups in total. The highest BCUT2D eigenvalue weighted by Crippen LogP contribution is 2.32. The Hall–Kier alpha value is -4.27. The van der Waals surface area contributed by atoms with Gasteiger partial charge in [0.25, 0.3) is 5.91 Å². The molecule has 2 aliphatic rings. The summed E-state index contributed by atoms with van der Waals surface area (Å²) in [5, 5.41) is 5.03. The number of benzene rings is 1. The monoisotopic (exact) mass is 703 g/mol. The number of hydrogen-bond donors (Lipinski definition) is 3. The number of aromatic nitrogens is 1. The van der Waals surface area contributed by atoms with Crippen molar-refractivity contribution in [2.45, 2.75) is 109 Å². The predicted octanol–water partition coefficient (Wildman–Crippen LogP) is 3.72. The van der Waals surface area contributed by atoms with Crippen LogP contribution in [-0.4, -0.2) is 83.2 Å². The number of carbonyl (C=O) groups is 4. The third-order valence-electron chi connectivity index (χ3n) is 8.23. The zero-order valence-electron chi connectivity index (χ0n) is 29.0. The summed E-state index contributed by atoms with van der Waals surface area (Å²) in [5.74, 6) is -2.53. The van der Waals surface area contributed by atoms with Crippen molar-refractivity contribution in [3.8, 4) is 5.75 Å². The molecule has 4 amide bonds. The number of likely N-dealkylation sites (tertiary alicyclic amines) is 1. The van der Waals surface area contributed by atoms with E-state index < -0.39 is 79.6 Å². The fourth-order valence-electron chi connectivity index (χ4n) is 5.54. The molecule has 13 nitrogen and oxygen atoms in total. The highest BCUT2D eigenvalue weighted by Gasteiger charge is 2.48. The first-order valence-electron chi connectivity index (χ1n) is 16.1. The molecule has 268 valence electrons. The van der Waals surface area contributed by atoms with Crippen molar-refractivity contribution in [1.82, 2.24) is 25.2 Å². The lowest BCUT2D eigenvalue weighted by Gasteiger charge is -2.36. The Morgan fingerprint density at radius 1 is 1.10 bits per heavy atom. The number of sulfonamides is 1. The van der Waals surface area contributed by atoms with E-state index in [9.17, 15) is 32.0 Å². The Labute approximate surface area is 286 Å². The average molecular weight is 704 g/mol. The van der Waals surface area contributed by atoms with E-state index in [1.54, 1.807) is 47.6 Å². The van der Waals surface area contributed by atoms with Gasteiger partial charge in [0.05, 0.1) is 17.3 Å². The number of nitrogens with one attached hydrogen (secondary N) is 3. The smallest absolute Gasteiger partial charge is 0.408 e. The molecule has 1 aromatic carbocycles. The van der Waals surface area contributed by atoms with Crippen LogP contribution in [0.3, 0.4) is 0 Å². The minimum Gasteiger partial charge on any atom is -0.488 e. The molecule has 1 aliphatic heterocycles. The van der Waals surface area contributed by atoms with Crippen molar-refractivity contribution >= 4 is 44.7 Å². The minimum absolute atomic E-state index is 0.0494. The molecule has 1 saturated carbocycles. The molecule has 0 bridgehead atoms. The van der Waals surface area contributed by atoms with Gasteiger partial charge >= 0.3 is 6.09 Å². The van der Waals surface area contributed by atoms with Gasteiger partial charge in [-0.05, 0) is 76.6 Å². The van der Waals surface area contributed by atoms with Crippen LogP contribution >= 0.6 is 0 Å². The molecule has 2 heterocycles. The van der Waals surface area contributed by atoms with Crippen molar-refractivity contribution < 1.29 is 41.5 Å². The summed E-state index contributed by atoms with van der Waals surface area (Å²) in [6.45, 7) is 15.2. The fraction of sp³-hybridized carbons (Fsp3) is 0.559.